The Balaban J connectivity index is 1.27. The van der Waals surface area contributed by atoms with E-state index in [0.29, 0.717) is 23.7 Å². The van der Waals surface area contributed by atoms with Gasteiger partial charge in [-0.3, -0.25) is 4.79 Å². The van der Waals surface area contributed by atoms with Crippen LogP contribution in [-0.2, 0) is 16.0 Å². The Kier molecular flexibility index (Phi) is 5.50. The van der Waals surface area contributed by atoms with Gasteiger partial charge in [-0.2, -0.15) is 0 Å². The lowest BCUT2D eigenvalue weighted by molar-refractivity contribution is -0.145. The molecule has 3 fully saturated rings. The number of imidazole rings is 1. The molecule has 30 heavy (non-hydrogen) atoms. The molecule has 0 spiro atoms. The number of carbonyl (C=O) groups excluding carboxylic acids is 1. The van der Waals surface area contributed by atoms with Crippen molar-refractivity contribution < 1.29 is 9.53 Å². The normalized spacial score (nSPS) is 31.0. The molecular weight excluding hydrogens is 376 g/mol. The van der Waals surface area contributed by atoms with E-state index in [1.54, 1.807) is 6.33 Å². The second kappa shape index (κ2) is 8.27. The first-order valence-corrected chi connectivity index (χ1v) is 12.0. The lowest BCUT2D eigenvalue weighted by atomic mass is 9.73. The van der Waals surface area contributed by atoms with Crippen LogP contribution in [0.2, 0.25) is 0 Å². The summed E-state index contributed by atoms with van der Waals surface area (Å²) in [6, 6.07) is 0.263. The van der Waals surface area contributed by atoms with Crippen molar-refractivity contribution >= 4 is 17.1 Å². The molecule has 6 heteroatoms. The predicted molar refractivity (Wildman–Crippen MR) is 115 cm³/mol. The van der Waals surface area contributed by atoms with E-state index in [1.165, 1.54) is 57.7 Å². The maximum atomic E-state index is 12.8. The third-order valence-electron chi connectivity index (χ3n) is 8.14. The van der Waals surface area contributed by atoms with Crippen LogP contribution in [0, 0.1) is 29.6 Å². The van der Waals surface area contributed by atoms with E-state index >= 15 is 0 Å². The van der Waals surface area contributed by atoms with Gasteiger partial charge in [0, 0.05) is 6.04 Å². The van der Waals surface area contributed by atoms with Gasteiger partial charge in [0.25, 0.3) is 0 Å². The van der Waals surface area contributed by atoms with Gasteiger partial charge in [0.1, 0.15) is 11.8 Å². The van der Waals surface area contributed by atoms with Crippen molar-refractivity contribution in [3.63, 3.8) is 0 Å². The summed E-state index contributed by atoms with van der Waals surface area (Å²) in [7, 11) is 0. The minimum absolute atomic E-state index is 0.170. The number of aromatic nitrogens is 4. The number of esters is 1. The number of fused-ring (bicyclic) bond motifs is 4. The summed E-state index contributed by atoms with van der Waals surface area (Å²) < 4.78 is 7.91. The highest BCUT2D eigenvalue weighted by atomic mass is 16.5. The summed E-state index contributed by atoms with van der Waals surface area (Å²) in [6.07, 6.45) is 14.4. The van der Waals surface area contributed by atoms with Crippen LogP contribution in [0.1, 0.15) is 76.9 Å². The smallest absolute Gasteiger partial charge is 0.311 e. The molecule has 162 valence electrons. The molecule has 3 saturated carbocycles. The van der Waals surface area contributed by atoms with Gasteiger partial charge in [-0.1, -0.05) is 25.7 Å². The Labute approximate surface area is 178 Å². The van der Waals surface area contributed by atoms with E-state index in [1.807, 2.05) is 4.57 Å². The van der Waals surface area contributed by atoms with Crippen molar-refractivity contribution in [1.82, 2.24) is 19.5 Å². The Morgan fingerprint density at radius 1 is 1.00 bits per heavy atom. The minimum atomic E-state index is -0.180. The van der Waals surface area contributed by atoms with E-state index in [2.05, 4.69) is 28.8 Å². The number of hydrogen-bond donors (Lipinski definition) is 0. The molecule has 0 N–H and O–H groups in total. The standard InChI is InChI=1S/C24H34N4O2/c1-15(2)28-14-27-23-21(25-13-26-24(23)28)11-22(29)30-12-20-18-9-5-3-7-16(18)17-8-4-6-10-19(17)20/h13-20H,3-12H2,1-2H3. The van der Waals surface area contributed by atoms with E-state index in [9.17, 15) is 4.79 Å². The first kappa shape index (κ1) is 20.0. The second-order valence-corrected chi connectivity index (χ2v) is 9.99. The molecular formula is C24H34N4O2. The van der Waals surface area contributed by atoms with E-state index in [4.69, 9.17) is 4.74 Å². The number of rotatable bonds is 5. The summed E-state index contributed by atoms with van der Waals surface area (Å²) in [5, 5.41) is 0. The van der Waals surface area contributed by atoms with Crippen LogP contribution >= 0.6 is 0 Å². The van der Waals surface area contributed by atoms with Gasteiger partial charge in [0.15, 0.2) is 5.65 Å². The SMILES string of the molecule is CC(C)n1cnc2c(CC(=O)OCC3C4CCCCC4C4CCCCC43)ncnc21. The maximum absolute atomic E-state index is 12.8. The average molecular weight is 411 g/mol. The summed E-state index contributed by atoms with van der Waals surface area (Å²) in [5.74, 6) is 3.69. The molecule has 2 aromatic rings. The molecule has 4 unspecified atom stereocenters. The molecule has 2 heterocycles. The maximum Gasteiger partial charge on any atom is 0.311 e. The first-order valence-electron chi connectivity index (χ1n) is 12.0. The van der Waals surface area contributed by atoms with Gasteiger partial charge in [0.05, 0.1) is 25.0 Å². The van der Waals surface area contributed by atoms with Crippen LogP contribution in [0.25, 0.3) is 11.2 Å². The van der Waals surface area contributed by atoms with E-state index in [-0.39, 0.29) is 18.4 Å². The van der Waals surface area contributed by atoms with Crippen molar-refractivity contribution in [2.24, 2.45) is 29.6 Å². The average Bonchev–Trinajstić information content (AvgIpc) is 3.33. The Morgan fingerprint density at radius 2 is 1.63 bits per heavy atom. The number of ether oxygens (including phenoxy) is 1. The zero-order valence-corrected chi connectivity index (χ0v) is 18.3. The fraction of sp³-hybridized carbons (Fsp3) is 0.750. The molecule has 4 atom stereocenters. The largest absolute Gasteiger partial charge is 0.465 e. The highest BCUT2D eigenvalue weighted by Gasteiger charge is 2.51. The van der Waals surface area contributed by atoms with Crippen LogP contribution in [0.5, 0.6) is 0 Å². The minimum Gasteiger partial charge on any atom is -0.465 e. The number of nitrogens with zero attached hydrogens (tertiary/aromatic N) is 4. The topological polar surface area (TPSA) is 69.9 Å². The first-order chi connectivity index (χ1) is 14.6. The molecule has 0 aromatic carbocycles. The highest BCUT2D eigenvalue weighted by molar-refractivity contribution is 5.80. The summed E-state index contributed by atoms with van der Waals surface area (Å²) in [4.78, 5) is 25.9. The van der Waals surface area contributed by atoms with Crippen molar-refractivity contribution in [3.8, 4) is 0 Å². The van der Waals surface area contributed by atoms with Gasteiger partial charge < -0.3 is 9.30 Å². The van der Waals surface area contributed by atoms with Gasteiger partial charge in [-0.25, -0.2) is 15.0 Å². The van der Waals surface area contributed by atoms with Crippen LogP contribution in [0.15, 0.2) is 12.7 Å². The van der Waals surface area contributed by atoms with Gasteiger partial charge in [-0.15, -0.1) is 0 Å². The molecule has 0 saturated heterocycles. The molecule has 0 radical (unpaired) electrons. The molecule has 5 rings (SSSR count). The second-order valence-electron chi connectivity index (χ2n) is 9.99. The van der Waals surface area contributed by atoms with Crippen LogP contribution in [0.3, 0.4) is 0 Å². The molecule has 0 amide bonds. The third kappa shape index (κ3) is 3.52. The Hall–Kier alpha value is -1.98. The Bertz CT molecular complexity index is 886. The van der Waals surface area contributed by atoms with Gasteiger partial charge in [-0.05, 0) is 69.1 Å². The Morgan fingerprint density at radius 3 is 2.27 bits per heavy atom. The fourth-order valence-electron chi connectivity index (χ4n) is 6.85. The van der Waals surface area contributed by atoms with E-state index in [0.717, 1.165) is 29.3 Å². The summed E-state index contributed by atoms with van der Waals surface area (Å²) in [6.45, 7) is 4.78. The zero-order valence-electron chi connectivity index (χ0n) is 18.3. The van der Waals surface area contributed by atoms with Crippen molar-refractivity contribution in [1.29, 1.82) is 0 Å². The summed E-state index contributed by atoms with van der Waals surface area (Å²) >= 11 is 0. The molecule has 6 nitrogen and oxygen atoms in total. The molecule has 0 bridgehead atoms. The fourth-order valence-corrected chi connectivity index (χ4v) is 6.85. The molecule has 3 aliphatic carbocycles. The van der Waals surface area contributed by atoms with Gasteiger partial charge in [0.2, 0.25) is 0 Å². The highest BCUT2D eigenvalue weighted by Crippen LogP contribution is 2.57. The zero-order chi connectivity index (χ0) is 20.7. The predicted octanol–water partition coefficient (Wildman–Crippen LogP) is 4.74. The quantitative estimate of drug-likeness (QED) is 0.666. The molecule has 3 aliphatic rings. The number of carbonyl (C=O) groups is 1. The van der Waals surface area contributed by atoms with Crippen LogP contribution in [0.4, 0.5) is 0 Å². The lowest BCUT2D eigenvalue weighted by Crippen LogP contribution is -2.27. The number of hydrogen-bond acceptors (Lipinski definition) is 5. The van der Waals surface area contributed by atoms with Crippen LogP contribution in [-0.4, -0.2) is 32.1 Å². The molecule has 0 aliphatic heterocycles. The van der Waals surface area contributed by atoms with Crippen molar-refractivity contribution in [2.45, 2.75) is 77.7 Å². The molecule has 2 aromatic heterocycles. The summed E-state index contributed by atoms with van der Waals surface area (Å²) in [5.41, 5.74) is 2.17. The monoisotopic (exact) mass is 410 g/mol. The third-order valence-corrected chi connectivity index (χ3v) is 8.14. The van der Waals surface area contributed by atoms with Crippen molar-refractivity contribution in [2.75, 3.05) is 6.61 Å². The van der Waals surface area contributed by atoms with Gasteiger partial charge >= 0.3 is 5.97 Å². The van der Waals surface area contributed by atoms with Crippen molar-refractivity contribution in [3.05, 3.63) is 18.3 Å². The van der Waals surface area contributed by atoms with E-state index < -0.39 is 0 Å². The van der Waals surface area contributed by atoms with Crippen LogP contribution < -0.4 is 0 Å². The lowest BCUT2D eigenvalue weighted by Gasteiger charge is -2.32.